The number of nitrogens with zero attached hydrogens (tertiary/aromatic N) is 1. The molecule has 0 saturated carbocycles. The van der Waals surface area contributed by atoms with Crippen LogP contribution in [0.5, 0.6) is 0 Å². The molecule has 21 heavy (non-hydrogen) atoms. The van der Waals surface area contributed by atoms with Gasteiger partial charge < -0.3 is 5.32 Å². The lowest BCUT2D eigenvalue weighted by atomic mass is 10.2. The molecule has 0 radical (unpaired) electrons. The maximum atomic E-state index is 12.7. The first kappa shape index (κ1) is 15.5. The number of carbonyl (C=O) groups is 1. The first-order valence-electron chi connectivity index (χ1n) is 6.88. The molecule has 1 aromatic rings. The molecule has 1 aliphatic rings. The van der Waals surface area contributed by atoms with Gasteiger partial charge in [0.25, 0.3) is 5.91 Å². The summed E-state index contributed by atoms with van der Waals surface area (Å²) in [4.78, 5) is 12.1. The molecule has 0 aliphatic carbocycles. The Labute approximate surface area is 125 Å². The SMILES string of the molecule is C#CCNC(=O)c1ccccc1S(=O)(=O)N1CCCCC1. The number of benzene rings is 1. The van der Waals surface area contributed by atoms with Gasteiger partial charge in [-0.1, -0.05) is 24.5 Å². The summed E-state index contributed by atoms with van der Waals surface area (Å²) in [5.74, 6) is 1.83. The quantitative estimate of drug-likeness (QED) is 0.851. The normalized spacial score (nSPS) is 16.1. The average molecular weight is 306 g/mol. The third-order valence-electron chi connectivity index (χ3n) is 3.42. The van der Waals surface area contributed by atoms with Gasteiger partial charge in [0.2, 0.25) is 10.0 Å². The van der Waals surface area contributed by atoms with Crippen molar-refractivity contribution in [2.75, 3.05) is 19.6 Å². The van der Waals surface area contributed by atoms with Crippen LogP contribution in [0.4, 0.5) is 0 Å². The van der Waals surface area contributed by atoms with E-state index in [9.17, 15) is 13.2 Å². The third-order valence-corrected chi connectivity index (χ3v) is 5.37. The zero-order valence-corrected chi connectivity index (χ0v) is 12.5. The van der Waals surface area contributed by atoms with Crippen molar-refractivity contribution >= 4 is 15.9 Å². The van der Waals surface area contributed by atoms with Crippen LogP contribution >= 0.6 is 0 Å². The zero-order valence-electron chi connectivity index (χ0n) is 11.7. The highest BCUT2D eigenvalue weighted by Gasteiger charge is 2.29. The van der Waals surface area contributed by atoms with E-state index < -0.39 is 15.9 Å². The van der Waals surface area contributed by atoms with E-state index >= 15 is 0 Å². The summed E-state index contributed by atoms with van der Waals surface area (Å²) >= 11 is 0. The summed E-state index contributed by atoms with van der Waals surface area (Å²) in [6.45, 7) is 1.07. The molecule has 1 aromatic carbocycles. The minimum Gasteiger partial charge on any atom is -0.341 e. The Balaban J connectivity index is 2.35. The van der Waals surface area contributed by atoms with E-state index in [-0.39, 0.29) is 17.0 Å². The summed E-state index contributed by atoms with van der Waals surface area (Å²) in [7, 11) is -3.64. The molecule has 1 fully saturated rings. The summed E-state index contributed by atoms with van der Waals surface area (Å²) < 4.78 is 26.8. The number of hydrogen-bond acceptors (Lipinski definition) is 3. The maximum Gasteiger partial charge on any atom is 0.253 e. The van der Waals surface area contributed by atoms with Crippen molar-refractivity contribution in [1.29, 1.82) is 0 Å². The summed E-state index contributed by atoms with van der Waals surface area (Å²) in [5.41, 5.74) is 0.137. The van der Waals surface area contributed by atoms with Gasteiger partial charge in [-0.05, 0) is 25.0 Å². The molecule has 1 aliphatic heterocycles. The first-order valence-corrected chi connectivity index (χ1v) is 8.32. The van der Waals surface area contributed by atoms with Crippen LogP contribution in [0.25, 0.3) is 0 Å². The van der Waals surface area contributed by atoms with Crippen LogP contribution in [0, 0.1) is 12.3 Å². The predicted molar refractivity (Wildman–Crippen MR) is 80.2 cm³/mol. The largest absolute Gasteiger partial charge is 0.341 e. The molecule has 1 saturated heterocycles. The molecular formula is C15H18N2O3S. The number of piperidine rings is 1. The van der Waals surface area contributed by atoms with Gasteiger partial charge in [-0.2, -0.15) is 4.31 Å². The molecule has 1 heterocycles. The molecule has 5 nitrogen and oxygen atoms in total. The van der Waals surface area contributed by atoms with Gasteiger partial charge in [0.15, 0.2) is 0 Å². The number of rotatable bonds is 4. The van der Waals surface area contributed by atoms with Crippen LogP contribution < -0.4 is 5.32 Å². The van der Waals surface area contributed by atoms with Crippen molar-refractivity contribution in [1.82, 2.24) is 9.62 Å². The minimum absolute atomic E-state index is 0.0430. The van der Waals surface area contributed by atoms with Gasteiger partial charge in [0.05, 0.1) is 17.0 Å². The topological polar surface area (TPSA) is 66.5 Å². The van der Waals surface area contributed by atoms with Crippen LogP contribution in [0.3, 0.4) is 0 Å². The molecule has 2 rings (SSSR count). The third kappa shape index (κ3) is 3.43. The van der Waals surface area contributed by atoms with Crippen molar-refractivity contribution in [2.24, 2.45) is 0 Å². The number of nitrogens with one attached hydrogen (secondary N) is 1. The van der Waals surface area contributed by atoms with E-state index in [0.717, 1.165) is 19.3 Å². The Morgan fingerprint density at radius 2 is 1.90 bits per heavy atom. The highest BCUT2D eigenvalue weighted by atomic mass is 32.2. The monoisotopic (exact) mass is 306 g/mol. The van der Waals surface area contributed by atoms with E-state index in [0.29, 0.717) is 13.1 Å². The van der Waals surface area contributed by atoms with Crippen molar-refractivity contribution in [3.05, 3.63) is 29.8 Å². The second-order valence-corrected chi connectivity index (χ2v) is 6.75. The van der Waals surface area contributed by atoms with Gasteiger partial charge in [-0.3, -0.25) is 4.79 Å². The number of terminal acetylenes is 1. The van der Waals surface area contributed by atoms with Gasteiger partial charge in [-0.25, -0.2) is 8.42 Å². The van der Waals surface area contributed by atoms with E-state index in [4.69, 9.17) is 6.42 Å². The predicted octanol–water partition coefficient (Wildman–Crippen LogP) is 1.22. The number of amides is 1. The molecule has 0 unspecified atom stereocenters. The highest BCUT2D eigenvalue weighted by molar-refractivity contribution is 7.89. The van der Waals surface area contributed by atoms with Crippen LogP contribution in [-0.2, 0) is 10.0 Å². The summed E-state index contributed by atoms with van der Waals surface area (Å²) in [6, 6.07) is 6.23. The molecule has 0 atom stereocenters. The Morgan fingerprint density at radius 3 is 2.57 bits per heavy atom. The zero-order chi connectivity index (χ0) is 15.3. The van der Waals surface area contributed by atoms with Crippen LogP contribution in [0.2, 0.25) is 0 Å². The van der Waals surface area contributed by atoms with Crippen molar-refractivity contribution in [2.45, 2.75) is 24.2 Å². The van der Waals surface area contributed by atoms with E-state index in [1.807, 2.05) is 0 Å². The van der Waals surface area contributed by atoms with Gasteiger partial charge in [0.1, 0.15) is 0 Å². The standard InChI is InChI=1S/C15H18N2O3S/c1-2-10-16-15(18)13-8-4-5-9-14(13)21(19,20)17-11-6-3-7-12-17/h1,4-5,8-9H,3,6-7,10-12H2,(H,16,18). The molecule has 1 N–H and O–H groups in total. The van der Waals surface area contributed by atoms with E-state index in [1.54, 1.807) is 12.1 Å². The van der Waals surface area contributed by atoms with E-state index in [2.05, 4.69) is 11.2 Å². The minimum atomic E-state index is -3.64. The maximum absolute atomic E-state index is 12.7. The van der Waals surface area contributed by atoms with Crippen molar-refractivity contribution < 1.29 is 13.2 Å². The molecule has 112 valence electrons. The average Bonchev–Trinajstić information content (AvgIpc) is 2.53. The summed E-state index contributed by atoms with van der Waals surface area (Å²) in [6.07, 6.45) is 7.85. The molecule has 0 spiro atoms. The fraction of sp³-hybridized carbons (Fsp3) is 0.400. The van der Waals surface area contributed by atoms with Gasteiger partial charge >= 0.3 is 0 Å². The Hall–Kier alpha value is -1.84. The van der Waals surface area contributed by atoms with Crippen LogP contribution in [0.1, 0.15) is 29.6 Å². The van der Waals surface area contributed by atoms with Gasteiger partial charge in [0, 0.05) is 13.1 Å². The molecule has 0 bridgehead atoms. The molecule has 0 aromatic heterocycles. The van der Waals surface area contributed by atoms with Crippen molar-refractivity contribution in [3.63, 3.8) is 0 Å². The second kappa shape index (κ2) is 6.74. The second-order valence-electron chi connectivity index (χ2n) is 4.85. The Morgan fingerprint density at radius 1 is 1.24 bits per heavy atom. The lowest BCUT2D eigenvalue weighted by Crippen LogP contribution is -2.37. The lowest BCUT2D eigenvalue weighted by molar-refractivity contribution is 0.0955. The first-order chi connectivity index (χ1) is 10.1. The van der Waals surface area contributed by atoms with Crippen LogP contribution in [0.15, 0.2) is 29.2 Å². The molecule has 6 heteroatoms. The lowest BCUT2D eigenvalue weighted by Gasteiger charge is -2.26. The summed E-state index contributed by atoms with van der Waals surface area (Å²) in [5, 5.41) is 2.51. The van der Waals surface area contributed by atoms with Crippen LogP contribution in [-0.4, -0.2) is 38.3 Å². The number of sulfonamides is 1. The number of hydrogen-bond donors (Lipinski definition) is 1. The molecular weight excluding hydrogens is 288 g/mol. The fourth-order valence-corrected chi connectivity index (χ4v) is 4.06. The number of carbonyl (C=O) groups excluding carboxylic acids is 1. The van der Waals surface area contributed by atoms with Crippen molar-refractivity contribution in [3.8, 4) is 12.3 Å². The Bertz CT molecular complexity index is 656. The van der Waals surface area contributed by atoms with Gasteiger partial charge in [-0.15, -0.1) is 6.42 Å². The smallest absolute Gasteiger partial charge is 0.253 e. The fourth-order valence-electron chi connectivity index (χ4n) is 2.35. The molecule has 1 amide bonds. The highest BCUT2D eigenvalue weighted by Crippen LogP contribution is 2.23. The van der Waals surface area contributed by atoms with E-state index in [1.165, 1.54) is 16.4 Å². The Kier molecular flexibility index (Phi) is 4.99.